The first-order valence-corrected chi connectivity index (χ1v) is 5.51. The minimum absolute atomic E-state index is 0.378. The predicted molar refractivity (Wildman–Crippen MR) is 67.6 cm³/mol. The number of aliphatic carboxylic acids is 1. The summed E-state index contributed by atoms with van der Waals surface area (Å²) in [5, 5.41) is 10.8. The van der Waals surface area contributed by atoms with Gasteiger partial charge in [0.1, 0.15) is 0 Å². The number of hydrogen-bond donors (Lipinski definition) is 1. The molecule has 4 heteroatoms. The highest BCUT2D eigenvalue weighted by atomic mass is 16.4. The normalized spacial score (nSPS) is 17.8. The number of carbonyl (C=O) groups excluding carboxylic acids is 1. The zero-order chi connectivity index (χ0) is 12.7. The first-order chi connectivity index (χ1) is 8.68. The maximum Gasteiger partial charge on any atom is 0.319 e. The van der Waals surface area contributed by atoms with E-state index in [0.29, 0.717) is 11.3 Å². The fraction of sp³-hybridized carbons (Fsp3) is 0.0714. The van der Waals surface area contributed by atoms with Crippen molar-refractivity contribution < 1.29 is 14.7 Å². The van der Waals surface area contributed by atoms with Crippen LogP contribution in [0.3, 0.4) is 0 Å². The van der Waals surface area contributed by atoms with Gasteiger partial charge in [0.15, 0.2) is 11.7 Å². The number of carbonyl (C=O) groups is 2. The average molecular weight is 239 g/mol. The van der Waals surface area contributed by atoms with Crippen LogP contribution in [0.1, 0.15) is 10.4 Å². The van der Waals surface area contributed by atoms with E-state index in [0.717, 1.165) is 10.8 Å². The van der Waals surface area contributed by atoms with Crippen molar-refractivity contribution in [2.45, 2.75) is 0 Å². The van der Waals surface area contributed by atoms with Gasteiger partial charge in [-0.25, -0.2) is 0 Å². The molecule has 1 unspecified atom stereocenters. The number of rotatable bonds is 1. The molecule has 1 aliphatic heterocycles. The molecular formula is C14H9NO3. The van der Waals surface area contributed by atoms with Crippen LogP contribution in [0.25, 0.3) is 10.8 Å². The number of carboxylic acid groups (broad SMARTS) is 1. The maximum absolute atomic E-state index is 12.0. The van der Waals surface area contributed by atoms with Gasteiger partial charge in [0.25, 0.3) is 0 Å². The van der Waals surface area contributed by atoms with Gasteiger partial charge >= 0.3 is 5.97 Å². The molecule has 1 heterocycles. The summed E-state index contributed by atoms with van der Waals surface area (Å²) >= 11 is 0. The van der Waals surface area contributed by atoms with Gasteiger partial charge in [-0.05, 0) is 11.5 Å². The largest absolute Gasteiger partial charge is 0.480 e. The summed E-state index contributed by atoms with van der Waals surface area (Å²) in [7, 11) is 0. The number of benzene rings is 2. The fourth-order valence-electron chi connectivity index (χ4n) is 2.15. The van der Waals surface area contributed by atoms with Gasteiger partial charge in [-0.3, -0.25) is 14.6 Å². The van der Waals surface area contributed by atoms with Gasteiger partial charge in [-0.15, -0.1) is 0 Å². The van der Waals surface area contributed by atoms with Crippen molar-refractivity contribution >= 4 is 34.4 Å². The molecule has 0 saturated carbocycles. The zero-order valence-electron chi connectivity index (χ0n) is 9.33. The standard InChI is InChI=1S/C14H9NO3/c16-13-10-6-5-8-3-1-2-4-9(8)12(10)15-7-11(13)14(17)18/h1-7,11H,(H,17,18). The van der Waals surface area contributed by atoms with Crippen LogP contribution >= 0.6 is 0 Å². The van der Waals surface area contributed by atoms with Crippen molar-refractivity contribution in [3.63, 3.8) is 0 Å². The Morgan fingerprint density at radius 2 is 1.94 bits per heavy atom. The molecule has 0 fully saturated rings. The Balaban J connectivity index is 2.27. The van der Waals surface area contributed by atoms with Crippen molar-refractivity contribution in [1.29, 1.82) is 0 Å². The third-order valence-corrected chi connectivity index (χ3v) is 3.07. The molecule has 18 heavy (non-hydrogen) atoms. The van der Waals surface area contributed by atoms with Crippen molar-refractivity contribution in [3.8, 4) is 0 Å². The number of ketones is 1. The summed E-state index contributed by atoms with van der Waals surface area (Å²) in [6, 6.07) is 11.0. The molecule has 0 saturated heterocycles. The van der Waals surface area contributed by atoms with E-state index in [-0.39, 0.29) is 0 Å². The summed E-state index contributed by atoms with van der Waals surface area (Å²) in [6.07, 6.45) is 1.21. The van der Waals surface area contributed by atoms with Crippen LogP contribution < -0.4 is 0 Å². The molecule has 0 aromatic heterocycles. The lowest BCUT2D eigenvalue weighted by Crippen LogP contribution is -2.27. The van der Waals surface area contributed by atoms with Crippen LogP contribution in [0.2, 0.25) is 0 Å². The number of hydrogen-bond acceptors (Lipinski definition) is 3. The van der Waals surface area contributed by atoms with Gasteiger partial charge in [-0.2, -0.15) is 0 Å². The first kappa shape index (κ1) is 10.7. The second kappa shape index (κ2) is 3.77. The zero-order valence-corrected chi connectivity index (χ0v) is 9.33. The average Bonchev–Trinajstić information content (AvgIpc) is 2.38. The van der Waals surface area contributed by atoms with Crippen LogP contribution in [0, 0.1) is 5.92 Å². The molecule has 88 valence electrons. The SMILES string of the molecule is O=C(O)C1C=Nc2c(ccc3ccccc23)C1=O. The summed E-state index contributed by atoms with van der Waals surface area (Å²) in [6.45, 7) is 0. The molecule has 4 nitrogen and oxygen atoms in total. The molecule has 2 aromatic rings. The predicted octanol–water partition coefficient (Wildman–Crippen LogP) is 2.44. The van der Waals surface area contributed by atoms with Crippen molar-refractivity contribution in [2.75, 3.05) is 0 Å². The number of fused-ring (bicyclic) bond motifs is 3. The summed E-state index contributed by atoms with van der Waals surface area (Å²) in [5.74, 6) is -2.74. The number of nitrogens with zero attached hydrogens (tertiary/aromatic N) is 1. The third-order valence-electron chi connectivity index (χ3n) is 3.07. The highest BCUT2D eigenvalue weighted by molar-refractivity contribution is 6.24. The van der Waals surface area contributed by atoms with Crippen LogP contribution in [0.5, 0.6) is 0 Å². The first-order valence-electron chi connectivity index (χ1n) is 5.51. The van der Waals surface area contributed by atoms with Gasteiger partial charge in [0.05, 0.1) is 5.69 Å². The van der Waals surface area contributed by atoms with Crippen LogP contribution in [0.15, 0.2) is 41.4 Å². The maximum atomic E-state index is 12.0. The summed E-state index contributed by atoms with van der Waals surface area (Å²) in [5.41, 5.74) is 0.944. The summed E-state index contributed by atoms with van der Waals surface area (Å²) < 4.78 is 0. The Labute approximate surface area is 103 Å². The van der Waals surface area contributed by atoms with Crippen molar-refractivity contribution in [3.05, 3.63) is 42.0 Å². The van der Waals surface area contributed by atoms with E-state index in [2.05, 4.69) is 4.99 Å². The second-order valence-corrected chi connectivity index (χ2v) is 4.14. The van der Waals surface area contributed by atoms with Gasteiger partial charge in [-0.1, -0.05) is 30.3 Å². The second-order valence-electron chi connectivity index (χ2n) is 4.14. The van der Waals surface area contributed by atoms with E-state index in [1.165, 1.54) is 6.21 Å². The van der Waals surface area contributed by atoms with Crippen molar-refractivity contribution in [2.24, 2.45) is 10.9 Å². The lowest BCUT2D eigenvalue weighted by molar-refractivity contribution is -0.137. The molecule has 0 spiro atoms. The van der Waals surface area contributed by atoms with Crippen LogP contribution in [0.4, 0.5) is 5.69 Å². The Morgan fingerprint density at radius 1 is 1.17 bits per heavy atom. The molecular weight excluding hydrogens is 230 g/mol. The Bertz CT molecular complexity index is 703. The van der Waals surface area contributed by atoms with Crippen molar-refractivity contribution in [1.82, 2.24) is 0 Å². The van der Waals surface area contributed by atoms with Gasteiger partial charge in [0, 0.05) is 17.2 Å². The molecule has 1 aliphatic rings. The third kappa shape index (κ3) is 1.43. The molecule has 1 atom stereocenters. The number of aliphatic imine (C=N–C) groups is 1. The van der Waals surface area contributed by atoms with Crippen LogP contribution in [-0.2, 0) is 4.79 Å². The molecule has 2 aromatic carbocycles. The van der Waals surface area contributed by atoms with E-state index in [4.69, 9.17) is 5.11 Å². The van der Waals surface area contributed by atoms with Gasteiger partial charge in [0.2, 0.25) is 0 Å². The quantitative estimate of drug-likeness (QED) is 0.777. The Hall–Kier alpha value is -2.49. The van der Waals surface area contributed by atoms with E-state index in [1.54, 1.807) is 6.07 Å². The molecule has 0 aliphatic carbocycles. The minimum Gasteiger partial charge on any atom is -0.480 e. The topological polar surface area (TPSA) is 66.7 Å². The van der Waals surface area contributed by atoms with E-state index < -0.39 is 17.7 Å². The van der Waals surface area contributed by atoms with E-state index in [9.17, 15) is 9.59 Å². The monoisotopic (exact) mass is 239 g/mol. The number of Topliss-reactive ketones (excluding diaryl/α,β-unsaturated/α-hetero) is 1. The minimum atomic E-state index is -1.17. The van der Waals surface area contributed by atoms with Crippen LogP contribution in [-0.4, -0.2) is 23.1 Å². The van der Waals surface area contributed by atoms with Gasteiger partial charge < -0.3 is 5.11 Å². The fourth-order valence-corrected chi connectivity index (χ4v) is 2.15. The molecule has 0 amide bonds. The van der Waals surface area contributed by atoms with E-state index in [1.807, 2.05) is 30.3 Å². The molecule has 3 rings (SSSR count). The lowest BCUT2D eigenvalue weighted by Gasteiger charge is -2.15. The molecule has 0 radical (unpaired) electrons. The highest BCUT2D eigenvalue weighted by Gasteiger charge is 2.30. The Kier molecular flexibility index (Phi) is 2.23. The smallest absolute Gasteiger partial charge is 0.319 e. The number of carboxylic acids is 1. The molecule has 0 bridgehead atoms. The molecule has 1 N–H and O–H groups in total. The highest BCUT2D eigenvalue weighted by Crippen LogP contribution is 2.34. The van der Waals surface area contributed by atoms with E-state index >= 15 is 0 Å². The Morgan fingerprint density at radius 3 is 2.72 bits per heavy atom. The summed E-state index contributed by atoms with van der Waals surface area (Å²) in [4.78, 5) is 27.1. The lowest BCUT2D eigenvalue weighted by atomic mass is 9.92.